The zero-order valence-corrected chi connectivity index (χ0v) is 16.9. The van der Waals surface area contributed by atoms with E-state index in [9.17, 15) is 14.2 Å². The molecule has 0 heterocycles. The van der Waals surface area contributed by atoms with Crippen molar-refractivity contribution < 1.29 is 32.6 Å². The van der Waals surface area contributed by atoms with Crippen LogP contribution >= 0.6 is 7.37 Å². The number of ether oxygens (including phenoxy) is 2. The van der Waals surface area contributed by atoms with Crippen molar-refractivity contribution in [3.8, 4) is 0 Å². The minimum Gasteiger partial charge on any atom is -0.462 e. The standard InChI is InChI=1S/C17H31NO6P/c1-14(2)16(19)22-10-12-25(21,24-9-8-18(5,6)7)13-11-23-17(20)15(3)4/h1,3,8-13H2,2,4-7H3/q+1. The fraction of sp³-hybridized carbons (Fsp3) is 0.647. The molecule has 0 N–H and O–H groups in total. The predicted octanol–water partition coefficient (Wildman–Crippen LogP) is 2.23. The molecule has 0 aromatic rings. The molecule has 0 amide bonds. The molecule has 0 saturated heterocycles. The Morgan fingerprint density at radius 2 is 1.28 bits per heavy atom. The molecule has 0 bridgehead atoms. The van der Waals surface area contributed by atoms with Gasteiger partial charge in [-0.1, -0.05) is 13.2 Å². The highest BCUT2D eigenvalue weighted by Gasteiger charge is 2.25. The predicted molar refractivity (Wildman–Crippen MR) is 97.7 cm³/mol. The van der Waals surface area contributed by atoms with Crippen LogP contribution in [-0.2, 0) is 28.2 Å². The van der Waals surface area contributed by atoms with Gasteiger partial charge in [-0.2, -0.15) is 0 Å². The van der Waals surface area contributed by atoms with Gasteiger partial charge < -0.3 is 18.5 Å². The van der Waals surface area contributed by atoms with Crippen molar-refractivity contribution in [3.63, 3.8) is 0 Å². The number of hydrogen-bond acceptors (Lipinski definition) is 6. The number of esters is 2. The summed E-state index contributed by atoms with van der Waals surface area (Å²) in [4.78, 5) is 22.8. The summed E-state index contributed by atoms with van der Waals surface area (Å²) in [5.74, 6) is -1.07. The van der Waals surface area contributed by atoms with Crippen molar-refractivity contribution in [2.45, 2.75) is 13.8 Å². The average Bonchev–Trinajstić information content (AvgIpc) is 2.45. The van der Waals surface area contributed by atoms with E-state index in [1.807, 2.05) is 21.1 Å². The Hall–Kier alpha value is -1.43. The van der Waals surface area contributed by atoms with E-state index >= 15 is 0 Å². The van der Waals surface area contributed by atoms with Crippen molar-refractivity contribution in [3.05, 3.63) is 24.3 Å². The summed E-state index contributed by atoms with van der Waals surface area (Å²) >= 11 is 0. The van der Waals surface area contributed by atoms with Crippen LogP contribution in [0.25, 0.3) is 0 Å². The Morgan fingerprint density at radius 1 is 0.880 bits per heavy atom. The molecular weight excluding hydrogens is 345 g/mol. The molecule has 0 aromatic carbocycles. The number of carbonyl (C=O) groups excluding carboxylic acids is 2. The third-order valence-corrected chi connectivity index (χ3v) is 5.50. The third-order valence-electron chi connectivity index (χ3n) is 3.12. The van der Waals surface area contributed by atoms with Crippen LogP contribution in [0.1, 0.15) is 13.8 Å². The third kappa shape index (κ3) is 11.7. The fourth-order valence-electron chi connectivity index (χ4n) is 1.52. The second-order valence-electron chi connectivity index (χ2n) is 6.94. The first-order chi connectivity index (χ1) is 11.4. The molecule has 25 heavy (non-hydrogen) atoms. The van der Waals surface area contributed by atoms with Crippen LogP contribution in [0.15, 0.2) is 24.3 Å². The quantitative estimate of drug-likeness (QED) is 0.225. The minimum absolute atomic E-state index is 0.0399. The number of likely N-dealkylation sites (N-methyl/N-ethyl adjacent to an activating group) is 1. The molecule has 0 aromatic heterocycles. The van der Waals surface area contributed by atoms with Crippen LogP contribution in [-0.4, -0.2) is 76.3 Å². The van der Waals surface area contributed by atoms with E-state index in [0.717, 1.165) is 0 Å². The summed E-state index contributed by atoms with van der Waals surface area (Å²) in [5.41, 5.74) is 0.548. The summed E-state index contributed by atoms with van der Waals surface area (Å²) < 4.78 is 29.2. The Bertz CT molecular complexity index is 514. The van der Waals surface area contributed by atoms with E-state index < -0.39 is 19.3 Å². The van der Waals surface area contributed by atoms with Gasteiger partial charge in [0.2, 0.25) is 7.37 Å². The van der Waals surface area contributed by atoms with Crippen LogP contribution in [0, 0.1) is 0 Å². The molecule has 0 saturated carbocycles. The minimum atomic E-state index is -3.10. The molecule has 0 aliphatic carbocycles. The van der Waals surface area contributed by atoms with Gasteiger partial charge in [0.05, 0.1) is 33.5 Å². The molecule has 0 aliphatic heterocycles. The van der Waals surface area contributed by atoms with E-state index in [-0.39, 0.29) is 36.7 Å². The van der Waals surface area contributed by atoms with Crippen LogP contribution < -0.4 is 0 Å². The van der Waals surface area contributed by atoms with Crippen LogP contribution in [0.5, 0.6) is 0 Å². The lowest BCUT2D eigenvalue weighted by Gasteiger charge is -2.25. The molecule has 0 atom stereocenters. The number of hydrogen-bond donors (Lipinski definition) is 0. The van der Waals surface area contributed by atoms with Gasteiger partial charge in [0.25, 0.3) is 0 Å². The second-order valence-corrected chi connectivity index (χ2v) is 9.72. The normalized spacial score (nSPS) is 11.7. The summed E-state index contributed by atoms with van der Waals surface area (Å²) in [7, 11) is 2.89. The average molecular weight is 376 g/mol. The summed E-state index contributed by atoms with van der Waals surface area (Å²) in [6.07, 6.45) is 0.127. The first-order valence-electron chi connectivity index (χ1n) is 8.05. The molecule has 0 aliphatic rings. The lowest BCUT2D eigenvalue weighted by Crippen LogP contribution is -2.37. The van der Waals surface area contributed by atoms with E-state index in [4.69, 9.17) is 14.0 Å². The topological polar surface area (TPSA) is 78.9 Å². The number of carbonyl (C=O) groups is 2. The van der Waals surface area contributed by atoms with Crippen LogP contribution in [0.4, 0.5) is 0 Å². The maximum Gasteiger partial charge on any atom is 0.333 e. The summed E-state index contributed by atoms with van der Waals surface area (Å²) in [5, 5.41) is 0. The maximum atomic E-state index is 12.9. The molecule has 0 spiro atoms. The van der Waals surface area contributed by atoms with E-state index in [1.165, 1.54) is 13.8 Å². The molecule has 0 radical (unpaired) electrons. The summed E-state index contributed by atoms with van der Waals surface area (Å²) in [6, 6.07) is 0. The van der Waals surface area contributed by atoms with Gasteiger partial charge in [-0.15, -0.1) is 0 Å². The Balaban J connectivity index is 4.64. The molecule has 0 fully saturated rings. The van der Waals surface area contributed by atoms with Crippen molar-refractivity contribution in [2.75, 3.05) is 59.8 Å². The molecular formula is C17H31NO6P+. The smallest absolute Gasteiger partial charge is 0.333 e. The van der Waals surface area contributed by atoms with Gasteiger partial charge >= 0.3 is 11.9 Å². The summed E-state index contributed by atoms with van der Waals surface area (Å²) in [6.45, 7) is 10.9. The van der Waals surface area contributed by atoms with Crippen molar-refractivity contribution in [1.29, 1.82) is 0 Å². The molecule has 144 valence electrons. The first-order valence-corrected chi connectivity index (χ1v) is 10.0. The largest absolute Gasteiger partial charge is 0.462 e. The van der Waals surface area contributed by atoms with Gasteiger partial charge in [0.1, 0.15) is 26.4 Å². The van der Waals surface area contributed by atoms with Crippen LogP contribution in [0.3, 0.4) is 0 Å². The molecule has 8 heteroatoms. The Kier molecular flexibility index (Phi) is 9.93. The van der Waals surface area contributed by atoms with Gasteiger partial charge in [0, 0.05) is 11.1 Å². The fourth-order valence-corrected chi connectivity index (χ4v) is 3.16. The van der Waals surface area contributed by atoms with E-state index in [1.54, 1.807) is 0 Å². The van der Waals surface area contributed by atoms with Crippen molar-refractivity contribution >= 4 is 19.3 Å². The second kappa shape index (κ2) is 10.5. The number of rotatable bonds is 12. The van der Waals surface area contributed by atoms with Gasteiger partial charge in [0.15, 0.2) is 0 Å². The molecule has 0 rings (SSSR count). The lowest BCUT2D eigenvalue weighted by molar-refractivity contribution is -0.870. The van der Waals surface area contributed by atoms with Crippen molar-refractivity contribution in [1.82, 2.24) is 0 Å². The number of nitrogens with zero attached hydrogens (tertiary/aromatic N) is 1. The van der Waals surface area contributed by atoms with E-state index in [0.29, 0.717) is 17.6 Å². The first kappa shape index (κ1) is 23.6. The zero-order valence-electron chi connectivity index (χ0n) is 16.0. The highest BCUT2D eigenvalue weighted by Crippen LogP contribution is 2.46. The SMILES string of the molecule is C=C(C)C(=O)OCCP(=O)(CCOC(=O)C(=C)C)OCC[N+](C)(C)C. The van der Waals surface area contributed by atoms with Crippen molar-refractivity contribution in [2.24, 2.45) is 0 Å². The monoisotopic (exact) mass is 376 g/mol. The highest BCUT2D eigenvalue weighted by atomic mass is 31.2. The maximum absolute atomic E-state index is 12.9. The van der Waals surface area contributed by atoms with Gasteiger partial charge in [-0.25, -0.2) is 9.59 Å². The molecule has 0 unspecified atom stereocenters. The Labute approximate surface area is 150 Å². The van der Waals surface area contributed by atoms with Crippen LogP contribution in [0.2, 0.25) is 0 Å². The zero-order chi connectivity index (χ0) is 19.7. The number of quaternary nitrogens is 1. The van der Waals surface area contributed by atoms with E-state index in [2.05, 4.69) is 13.2 Å². The Morgan fingerprint density at radius 3 is 1.60 bits per heavy atom. The highest BCUT2D eigenvalue weighted by molar-refractivity contribution is 7.59. The van der Waals surface area contributed by atoms with Gasteiger partial charge in [-0.3, -0.25) is 4.57 Å². The molecule has 7 nitrogen and oxygen atoms in total. The lowest BCUT2D eigenvalue weighted by atomic mass is 10.4. The van der Waals surface area contributed by atoms with Gasteiger partial charge in [-0.05, 0) is 13.8 Å².